The quantitative estimate of drug-likeness (QED) is 0.491. The predicted molar refractivity (Wildman–Crippen MR) is 123 cm³/mol. The van der Waals surface area contributed by atoms with E-state index in [1.807, 2.05) is 6.92 Å². The fourth-order valence-corrected chi connectivity index (χ4v) is 4.35. The third kappa shape index (κ3) is 5.26. The van der Waals surface area contributed by atoms with Gasteiger partial charge >= 0.3 is 6.18 Å². The van der Waals surface area contributed by atoms with Gasteiger partial charge < -0.3 is 10.2 Å². The van der Waals surface area contributed by atoms with Crippen LogP contribution >= 0.6 is 0 Å². The predicted octanol–water partition coefficient (Wildman–Crippen LogP) is 5.36. The first-order chi connectivity index (χ1) is 16.7. The number of piperidine rings is 1. The second-order valence-electron chi connectivity index (χ2n) is 8.69. The highest BCUT2D eigenvalue weighted by Crippen LogP contribution is 2.32. The number of halogens is 4. The zero-order chi connectivity index (χ0) is 25.2. The molecule has 6 nitrogen and oxygen atoms in total. The molecule has 3 aromatic rings. The first-order valence-electron chi connectivity index (χ1n) is 11.3. The molecule has 0 saturated carbocycles. The van der Waals surface area contributed by atoms with Gasteiger partial charge in [0.1, 0.15) is 11.6 Å². The number of aryl methyl sites for hydroxylation is 1. The lowest BCUT2D eigenvalue weighted by atomic mass is 9.89. The summed E-state index contributed by atoms with van der Waals surface area (Å²) in [5.74, 6) is -0.479. The van der Waals surface area contributed by atoms with Gasteiger partial charge in [-0.3, -0.25) is 4.79 Å². The fourth-order valence-electron chi connectivity index (χ4n) is 4.35. The van der Waals surface area contributed by atoms with E-state index in [4.69, 9.17) is 0 Å². The Morgan fingerprint density at radius 3 is 2.54 bits per heavy atom. The largest absolute Gasteiger partial charge is 0.417 e. The minimum absolute atomic E-state index is 0.0806. The highest BCUT2D eigenvalue weighted by atomic mass is 19.4. The zero-order valence-corrected chi connectivity index (χ0v) is 19.3. The molecular weight excluding hydrogens is 462 g/mol. The number of rotatable bonds is 5. The first kappa shape index (κ1) is 24.6. The van der Waals surface area contributed by atoms with Gasteiger partial charge in [0.2, 0.25) is 0 Å². The molecule has 1 fully saturated rings. The molecule has 0 unspecified atom stereocenters. The Balaban J connectivity index is 1.61. The van der Waals surface area contributed by atoms with Crippen LogP contribution in [-0.2, 0) is 6.18 Å². The lowest BCUT2D eigenvalue weighted by Gasteiger charge is -2.40. The number of carbonyl (C=O) groups is 1. The van der Waals surface area contributed by atoms with E-state index in [0.29, 0.717) is 17.7 Å². The highest BCUT2D eigenvalue weighted by Gasteiger charge is 2.35. The third-order valence-corrected chi connectivity index (χ3v) is 6.32. The molecule has 1 saturated heterocycles. The molecule has 1 amide bonds. The van der Waals surface area contributed by atoms with Crippen molar-refractivity contribution < 1.29 is 22.4 Å². The summed E-state index contributed by atoms with van der Waals surface area (Å²) in [5, 5.41) is 3.04. The lowest BCUT2D eigenvalue weighted by Crippen LogP contribution is -2.51. The fraction of sp³-hybridized carbons (Fsp3) is 0.360. The van der Waals surface area contributed by atoms with Gasteiger partial charge in [0, 0.05) is 37.2 Å². The van der Waals surface area contributed by atoms with E-state index in [1.165, 1.54) is 18.5 Å². The molecular formula is C25H25F4N5O. The van der Waals surface area contributed by atoms with Crippen LogP contribution in [0.4, 0.5) is 23.4 Å². The molecule has 0 aliphatic carbocycles. The van der Waals surface area contributed by atoms with Crippen LogP contribution in [0.1, 0.15) is 41.3 Å². The number of likely N-dealkylation sites (tertiary alicyclic amines) is 1. The smallest absolute Gasteiger partial charge is 0.368 e. The van der Waals surface area contributed by atoms with Crippen molar-refractivity contribution in [2.24, 2.45) is 5.92 Å². The topological polar surface area (TPSA) is 71.0 Å². The number of nitrogens with zero attached hydrogens (tertiary/aromatic N) is 4. The lowest BCUT2D eigenvalue weighted by molar-refractivity contribution is -0.137. The van der Waals surface area contributed by atoms with Gasteiger partial charge in [0.05, 0.1) is 17.2 Å². The van der Waals surface area contributed by atoms with Gasteiger partial charge in [0.25, 0.3) is 5.91 Å². The average molecular weight is 488 g/mol. The maximum absolute atomic E-state index is 15.3. The number of carbonyl (C=O) groups excluding carboxylic acids is 1. The molecule has 1 aliphatic heterocycles. The Bertz CT molecular complexity index is 1180. The molecule has 1 aromatic carbocycles. The van der Waals surface area contributed by atoms with Crippen molar-refractivity contribution in [1.82, 2.24) is 19.9 Å². The maximum atomic E-state index is 15.3. The molecule has 1 aliphatic rings. The molecule has 10 heteroatoms. The molecule has 2 atom stereocenters. The molecule has 0 spiro atoms. The molecule has 2 aromatic heterocycles. The molecule has 0 bridgehead atoms. The van der Waals surface area contributed by atoms with E-state index in [9.17, 15) is 18.0 Å². The van der Waals surface area contributed by atoms with Crippen LogP contribution in [0.3, 0.4) is 0 Å². The number of amides is 1. The highest BCUT2D eigenvalue weighted by molar-refractivity contribution is 6.01. The van der Waals surface area contributed by atoms with E-state index in [-0.39, 0.29) is 35.7 Å². The van der Waals surface area contributed by atoms with E-state index >= 15 is 4.39 Å². The summed E-state index contributed by atoms with van der Waals surface area (Å²) in [7, 11) is 0. The number of nitrogens with one attached hydrogen (secondary N) is 1. The van der Waals surface area contributed by atoms with E-state index < -0.39 is 23.5 Å². The van der Waals surface area contributed by atoms with Gasteiger partial charge in [-0.25, -0.2) is 19.3 Å². The Labute approximate surface area is 200 Å². The van der Waals surface area contributed by atoms with Crippen molar-refractivity contribution >= 4 is 11.7 Å². The van der Waals surface area contributed by atoms with Crippen molar-refractivity contribution in [2.75, 3.05) is 18.4 Å². The number of benzene rings is 1. The number of aromatic nitrogens is 3. The summed E-state index contributed by atoms with van der Waals surface area (Å²) in [4.78, 5) is 27.6. The minimum Gasteiger partial charge on any atom is -0.368 e. The second kappa shape index (κ2) is 9.97. The van der Waals surface area contributed by atoms with Crippen molar-refractivity contribution in [2.45, 2.75) is 38.9 Å². The molecule has 184 valence electrons. The molecule has 0 radical (unpaired) electrons. The minimum atomic E-state index is -4.47. The van der Waals surface area contributed by atoms with Crippen LogP contribution in [0.5, 0.6) is 0 Å². The number of pyridine rings is 1. The van der Waals surface area contributed by atoms with Crippen molar-refractivity contribution in [3.63, 3.8) is 0 Å². The molecule has 4 rings (SSSR count). The zero-order valence-electron chi connectivity index (χ0n) is 19.3. The standard InChI is InChI=1S/C25H25F4N5O/c1-15-5-3-12-34(19(15)14-33-20-9-7-17(13-32-20)25(27,28)29)24(35)21-18(8-6-16(2)22(21)26)23-30-10-4-11-31-23/h4,6-11,13,15,19H,3,5,12,14H2,1-2H3,(H,32,33)/t15-,19-/m1/s1. The summed E-state index contributed by atoms with van der Waals surface area (Å²) in [6.07, 6.45) is 0.977. The average Bonchev–Trinajstić information content (AvgIpc) is 2.84. The van der Waals surface area contributed by atoms with Gasteiger partial charge in [-0.05, 0) is 55.5 Å². The summed E-state index contributed by atoms with van der Waals surface area (Å²) >= 11 is 0. The second-order valence-corrected chi connectivity index (χ2v) is 8.69. The van der Waals surface area contributed by atoms with Gasteiger partial charge in [-0.2, -0.15) is 13.2 Å². The van der Waals surface area contributed by atoms with Crippen LogP contribution in [-0.4, -0.2) is 44.9 Å². The van der Waals surface area contributed by atoms with E-state index in [2.05, 4.69) is 20.3 Å². The van der Waals surface area contributed by atoms with E-state index in [1.54, 1.807) is 30.0 Å². The van der Waals surface area contributed by atoms with Gasteiger partial charge in [-0.15, -0.1) is 0 Å². The number of hydrogen-bond acceptors (Lipinski definition) is 5. The van der Waals surface area contributed by atoms with Crippen molar-refractivity contribution in [3.05, 3.63) is 71.4 Å². The Morgan fingerprint density at radius 1 is 1.14 bits per heavy atom. The van der Waals surface area contributed by atoms with Crippen LogP contribution < -0.4 is 5.32 Å². The van der Waals surface area contributed by atoms with Crippen LogP contribution in [0.25, 0.3) is 11.4 Å². The summed E-state index contributed by atoms with van der Waals surface area (Å²) < 4.78 is 53.8. The van der Waals surface area contributed by atoms with Crippen LogP contribution in [0.15, 0.2) is 48.9 Å². The summed E-state index contributed by atoms with van der Waals surface area (Å²) in [6.45, 7) is 4.28. The first-order valence-corrected chi connectivity index (χ1v) is 11.3. The van der Waals surface area contributed by atoms with Crippen LogP contribution in [0, 0.1) is 18.7 Å². The number of anilines is 1. The molecule has 3 heterocycles. The number of hydrogen-bond donors (Lipinski definition) is 1. The Morgan fingerprint density at radius 2 is 1.89 bits per heavy atom. The number of alkyl halides is 3. The van der Waals surface area contributed by atoms with Crippen molar-refractivity contribution in [1.29, 1.82) is 0 Å². The van der Waals surface area contributed by atoms with Gasteiger partial charge in [0.15, 0.2) is 5.82 Å². The monoisotopic (exact) mass is 487 g/mol. The normalized spacial score (nSPS) is 18.4. The molecule has 35 heavy (non-hydrogen) atoms. The van der Waals surface area contributed by atoms with Crippen LogP contribution in [0.2, 0.25) is 0 Å². The van der Waals surface area contributed by atoms with Gasteiger partial charge in [-0.1, -0.05) is 13.0 Å². The Kier molecular flexibility index (Phi) is 7.00. The third-order valence-electron chi connectivity index (χ3n) is 6.32. The van der Waals surface area contributed by atoms with E-state index in [0.717, 1.165) is 25.1 Å². The Hall–Kier alpha value is -3.56. The maximum Gasteiger partial charge on any atom is 0.417 e. The van der Waals surface area contributed by atoms with Crippen molar-refractivity contribution in [3.8, 4) is 11.4 Å². The molecule has 1 N–H and O–H groups in total. The summed E-state index contributed by atoms with van der Waals surface area (Å²) in [6, 6.07) is 6.77. The summed E-state index contributed by atoms with van der Waals surface area (Å²) in [5.41, 5.74) is -0.269. The SMILES string of the molecule is Cc1ccc(-c2ncccn2)c(C(=O)N2CCC[C@@H](C)[C@H]2CNc2ccc(C(F)(F)F)cn2)c1F.